The summed E-state index contributed by atoms with van der Waals surface area (Å²) in [5.41, 5.74) is -0.316. The van der Waals surface area contributed by atoms with E-state index in [1.807, 2.05) is 0 Å². The highest BCUT2D eigenvalue weighted by Gasteiger charge is 2.41. The maximum Gasteiger partial charge on any atom is 0.406 e. The Morgan fingerprint density at radius 1 is 0.536 bits per heavy atom. The summed E-state index contributed by atoms with van der Waals surface area (Å²) in [5, 5.41) is 0. The zero-order valence-electron chi connectivity index (χ0n) is 19.4. The highest BCUT2D eigenvalue weighted by Crippen LogP contribution is 2.54. The quantitative estimate of drug-likeness (QED) is 0.130. The van der Waals surface area contributed by atoms with Crippen LogP contribution in [0.5, 0.6) is 0 Å². The van der Waals surface area contributed by atoms with E-state index >= 15 is 0 Å². The molecule has 0 rings (SSSR count). The van der Waals surface area contributed by atoms with Gasteiger partial charge in [-0.15, -0.1) is 0 Å². The van der Waals surface area contributed by atoms with Crippen LogP contribution in [0.4, 0.5) is 0 Å². The third-order valence-corrected chi connectivity index (χ3v) is 7.32. The summed E-state index contributed by atoms with van der Waals surface area (Å²) in [6.07, 6.45) is 24.4. The molecule has 0 fully saturated rings. The molecule has 0 aliphatic carbocycles. The van der Waals surface area contributed by atoms with Gasteiger partial charge < -0.3 is 0 Å². The van der Waals surface area contributed by atoms with Crippen molar-refractivity contribution in [3.8, 4) is 0 Å². The largest absolute Gasteiger partial charge is 0.406 e. The Morgan fingerprint density at radius 2 is 0.857 bits per heavy atom. The molecule has 0 saturated heterocycles. The van der Waals surface area contributed by atoms with Gasteiger partial charge in [0.2, 0.25) is 0 Å². The summed E-state index contributed by atoms with van der Waals surface area (Å²) in [4.78, 5) is 28.8. The van der Waals surface area contributed by atoms with Gasteiger partial charge in [0.25, 0.3) is 0 Å². The molecule has 1 atom stereocenters. The molecule has 0 aliphatic rings. The second-order valence-corrected chi connectivity index (χ2v) is 11.3. The SMILES string of the molecule is CCCCCCCCCCCCCCCCCCCC(CC(C)C)[P+](O)(O)O. The monoisotopic (exact) mass is 419 g/mol. The number of rotatable bonds is 21. The van der Waals surface area contributed by atoms with Gasteiger partial charge in [-0.2, -0.15) is 14.7 Å². The Balaban J connectivity index is 3.33. The van der Waals surface area contributed by atoms with Crippen LogP contribution in [-0.4, -0.2) is 20.3 Å². The van der Waals surface area contributed by atoms with Crippen molar-refractivity contribution >= 4 is 7.94 Å². The first-order valence-electron chi connectivity index (χ1n) is 12.4. The minimum Gasteiger partial charge on any atom is -0.193 e. The van der Waals surface area contributed by atoms with Crippen molar-refractivity contribution in [3.05, 3.63) is 0 Å². The predicted molar refractivity (Wildman–Crippen MR) is 126 cm³/mol. The average Bonchev–Trinajstić information content (AvgIpc) is 2.62. The molecule has 0 spiro atoms. The van der Waals surface area contributed by atoms with Gasteiger partial charge in [-0.05, 0) is 25.2 Å². The Labute approximate surface area is 177 Å². The van der Waals surface area contributed by atoms with Crippen LogP contribution in [-0.2, 0) is 0 Å². The van der Waals surface area contributed by atoms with Gasteiger partial charge in [-0.25, -0.2) is 0 Å². The molecule has 0 heterocycles. The highest BCUT2D eigenvalue weighted by atomic mass is 31.2. The van der Waals surface area contributed by atoms with Crippen LogP contribution in [0.25, 0.3) is 0 Å². The molecular formula is C24H52O3P+. The van der Waals surface area contributed by atoms with Gasteiger partial charge in [0, 0.05) is 0 Å². The third-order valence-electron chi connectivity index (χ3n) is 5.87. The van der Waals surface area contributed by atoms with E-state index in [4.69, 9.17) is 0 Å². The molecule has 1 unspecified atom stereocenters. The van der Waals surface area contributed by atoms with Crippen molar-refractivity contribution in [3.63, 3.8) is 0 Å². The van der Waals surface area contributed by atoms with Crippen molar-refractivity contribution in [2.24, 2.45) is 5.92 Å². The molecule has 0 aromatic heterocycles. The zero-order valence-corrected chi connectivity index (χ0v) is 20.3. The molecule has 0 aromatic rings. The smallest absolute Gasteiger partial charge is 0.193 e. The highest BCUT2D eigenvalue weighted by molar-refractivity contribution is 7.59. The third kappa shape index (κ3) is 19.6. The van der Waals surface area contributed by atoms with Crippen molar-refractivity contribution in [1.82, 2.24) is 0 Å². The van der Waals surface area contributed by atoms with Gasteiger partial charge in [-0.1, -0.05) is 124 Å². The van der Waals surface area contributed by atoms with Crippen molar-refractivity contribution < 1.29 is 14.7 Å². The molecule has 0 aromatic carbocycles. The van der Waals surface area contributed by atoms with Crippen molar-refractivity contribution in [2.75, 3.05) is 0 Å². The first-order chi connectivity index (χ1) is 13.4. The van der Waals surface area contributed by atoms with Gasteiger partial charge in [-0.3, -0.25) is 0 Å². The normalized spacial score (nSPS) is 13.4. The topological polar surface area (TPSA) is 60.7 Å². The first kappa shape index (κ1) is 28.3. The summed E-state index contributed by atoms with van der Waals surface area (Å²) in [7, 11) is -3.67. The lowest BCUT2D eigenvalue weighted by Crippen LogP contribution is -2.15. The molecular weight excluding hydrogens is 367 g/mol. The van der Waals surface area contributed by atoms with E-state index in [1.165, 1.54) is 96.3 Å². The van der Waals surface area contributed by atoms with E-state index in [0.29, 0.717) is 12.3 Å². The Morgan fingerprint density at radius 3 is 1.14 bits per heavy atom. The molecule has 3 nitrogen and oxygen atoms in total. The standard InChI is InChI=1S/C24H52O3P/c1-4-5-6-7-8-9-10-11-12-13-14-15-16-17-18-19-20-21-24(22-23(2)3)28(25,26)27/h23-27H,4-22H2,1-3H3/q+1. The molecule has 0 saturated carbocycles. The van der Waals surface area contributed by atoms with E-state index in [9.17, 15) is 14.7 Å². The van der Waals surface area contributed by atoms with Crippen LogP contribution in [0.15, 0.2) is 0 Å². The molecule has 0 bridgehead atoms. The van der Waals surface area contributed by atoms with Crippen LogP contribution in [0.3, 0.4) is 0 Å². The van der Waals surface area contributed by atoms with E-state index in [2.05, 4.69) is 20.8 Å². The molecule has 170 valence electrons. The van der Waals surface area contributed by atoms with Gasteiger partial charge in [0.1, 0.15) is 0 Å². The van der Waals surface area contributed by atoms with E-state index in [0.717, 1.165) is 19.3 Å². The lowest BCUT2D eigenvalue weighted by molar-refractivity contribution is 0.299. The van der Waals surface area contributed by atoms with E-state index < -0.39 is 7.94 Å². The molecule has 0 amide bonds. The number of hydrogen-bond acceptors (Lipinski definition) is 3. The Bertz CT molecular complexity index is 315. The maximum absolute atomic E-state index is 9.58. The van der Waals surface area contributed by atoms with E-state index in [-0.39, 0.29) is 5.66 Å². The van der Waals surface area contributed by atoms with Gasteiger partial charge >= 0.3 is 7.94 Å². The fourth-order valence-electron chi connectivity index (χ4n) is 4.08. The molecule has 0 aliphatic heterocycles. The van der Waals surface area contributed by atoms with Crippen LogP contribution < -0.4 is 0 Å². The molecule has 4 heteroatoms. The fraction of sp³-hybridized carbons (Fsp3) is 1.00. The minimum atomic E-state index is -3.67. The summed E-state index contributed by atoms with van der Waals surface area (Å²) in [5.74, 6) is 0.390. The second kappa shape index (κ2) is 19.3. The fourth-order valence-corrected chi connectivity index (χ4v) is 5.31. The summed E-state index contributed by atoms with van der Waals surface area (Å²) < 4.78 is 0. The zero-order chi connectivity index (χ0) is 21.1. The van der Waals surface area contributed by atoms with Crippen LogP contribution >= 0.6 is 7.94 Å². The number of hydrogen-bond donors (Lipinski definition) is 3. The average molecular weight is 420 g/mol. The molecule has 3 N–H and O–H groups in total. The summed E-state index contributed by atoms with van der Waals surface area (Å²) in [6.45, 7) is 6.41. The van der Waals surface area contributed by atoms with E-state index in [1.54, 1.807) is 0 Å². The number of unbranched alkanes of at least 4 members (excludes halogenated alkanes) is 16. The van der Waals surface area contributed by atoms with Gasteiger partial charge in [0.05, 0.1) is 0 Å². The van der Waals surface area contributed by atoms with Crippen LogP contribution in [0.2, 0.25) is 0 Å². The van der Waals surface area contributed by atoms with Crippen LogP contribution in [0, 0.1) is 5.92 Å². The minimum absolute atomic E-state index is 0.316. The Kier molecular flexibility index (Phi) is 19.5. The predicted octanol–water partition coefficient (Wildman–Crippen LogP) is 8.18. The Hall–Kier alpha value is 0.310. The summed E-state index contributed by atoms with van der Waals surface area (Å²) >= 11 is 0. The molecule has 0 radical (unpaired) electrons. The van der Waals surface area contributed by atoms with Crippen LogP contribution in [0.1, 0.15) is 143 Å². The second-order valence-electron chi connectivity index (χ2n) is 9.34. The van der Waals surface area contributed by atoms with Gasteiger partial charge in [0.15, 0.2) is 5.66 Å². The van der Waals surface area contributed by atoms with Crippen molar-refractivity contribution in [1.29, 1.82) is 0 Å². The van der Waals surface area contributed by atoms with Crippen molar-refractivity contribution in [2.45, 2.75) is 148 Å². The molecule has 28 heavy (non-hydrogen) atoms. The lowest BCUT2D eigenvalue weighted by Gasteiger charge is -2.18. The maximum atomic E-state index is 9.58. The lowest BCUT2D eigenvalue weighted by atomic mass is 10.0. The summed E-state index contributed by atoms with van der Waals surface area (Å²) in [6, 6.07) is 0. The first-order valence-corrected chi connectivity index (χ1v) is 14.2.